The minimum absolute atomic E-state index is 0.102. The summed E-state index contributed by atoms with van der Waals surface area (Å²) in [5, 5.41) is 0. The largest absolute Gasteiger partial charge is 0.449 e. The van der Waals surface area contributed by atoms with Crippen molar-refractivity contribution in [3.63, 3.8) is 0 Å². The Balaban J connectivity index is 2.26. The Morgan fingerprint density at radius 2 is 1.88 bits per heavy atom. The fourth-order valence-corrected chi connectivity index (χ4v) is 3.89. The molecule has 8 nitrogen and oxygen atoms in total. The number of esters is 1. The molecular formula is C16H21FN2O6S. The van der Waals surface area contributed by atoms with Crippen LogP contribution in [0.25, 0.3) is 0 Å². The van der Waals surface area contributed by atoms with Crippen LogP contribution in [0.5, 0.6) is 0 Å². The molecule has 0 radical (unpaired) electrons. The number of rotatable bonds is 5. The number of sulfonamides is 1. The van der Waals surface area contributed by atoms with Gasteiger partial charge in [-0.1, -0.05) is 0 Å². The van der Waals surface area contributed by atoms with Crippen molar-refractivity contribution >= 4 is 21.9 Å². The molecule has 1 aromatic rings. The quantitative estimate of drug-likeness (QED) is 0.681. The third-order valence-electron chi connectivity index (χ3n) is 3.83. The molecule has 1 amide bonds. The van der Waals surface area contributed by atoms with E-state index in [1.807, 2.05) is 0 Å². The molecule has 0 saturated carbocycles. The van der Waals surface area contributed by atoms with Crippen LogP contribution in [0.1, 0.15) is 17.3 Å². The first-order valence-electron chi connectivity index (χ1n) is 7.94. The summed E-state index contributed by atoms with van der Waals surface area (Å²) >= 11 is 0. The molecule has 0 aliphatic carbocycles. The van der Waals surface area contributed by atoms with Gasteiger partial charge >= 0.3 is 5.97 Å². The minimum Gasteiger partial charge on any atom is -0.449 e. The lowest BCUT2D eigenvalue weighted by atomic mass is 10.2. The first kappa shape index (κ1) is 20.3. The van der Waals surface area contributed by atoms with Crippen molar-refractivity contribution in [3.8, 4) is 0 Å². The van der Waals surface area contributed by atoms with Crippen molar-refractivity contribution in [3.05, 3.63) is 29.6 Å². The van der Waals surface area contributed by atoms with Crippen LogP contribution in [0.3, 0.4) is 0 Å². The number of nitrogens with zero attached hydrogens (tertiary/aromatic N) is 2. The van der Waals surface area contributed by atoms with Gasteiger partial charge in [-0.3, -0.25) is 4.79 Å². The molecule has 1 saturated heterocycles. The van der Waals surface area contributed by atoms with Gasteiger partial charge in [0.2, 0.25) is 10.0 Å². The van der Waals surface area contributed by atoms with Gasteiger partial charge in [0.05, 0.1) is 18.8 Å². The highest BCUT2D eigenvalue weighted by Gasteiger charge is 2.30. The number of carbonyl (C=O) groups excluding carboxylic acids is 2. The van der Waals surface area contributed by atoms with Crippen molar-refractivity contribution in [1.82, 2.24) is 9.21 Å². The van der Waals surface area contributed by atoms with Crippen LogP contribution in [0, 0.1) is 5.82 Å². The highest BCUT2D eigenvalue weighted by molar-refractivity contribution is 7.89. The minimum atomic E-state index is -4.11. The maximum Gasteiger partial charge on any atom is 0.338 e. The van der Waals surface area contributed by atoms with Crippen LogP contribution in [0.4, 0.5) is 4.39 Å². The summed E-state index contributed by atoms with van der Waals surface area (Å²) in [5.41, 5.74) is -0.156. The van der Waals surface area contributed by atoms with Gasteiger partial charge in [-0.25, -0.2) is 17.6 Å². The van der Waals surface area contributed by atoms with Crippen molar-refractivity contribution in [2.45, 2.75) is 17.9 Å². The van der Waals surface area contributed by atoms with Gasteiger partial charge in [-0.05, 0) is 25.1 Å². The molecule has 1 aliphatic heterocycles. The predicted octanol–water partition coefficient (Wildman–Crippen LogP) is 0.480. The summed E-state index contributed by atoms with van der Waals surface area (Å²) in [6.07, 6.45) is -1.05. The highest BCUT2D eigenvalue weighted by Crippen LogP contribution is 2.22. The number of ether oxygens (including phenoxy) is 2. The van der Waals surface area contributed by atoms with E-state index >= 15 is 0 Å². The normalized spacial score (nSPS) is 16.8. The maximum absolute atomic E-state index is 14.1. The zero-order valence-corrected chi connectivity index (χ0v) is 15.6. The summed E-state index contributed by atoms with van der Waals surface area (Å²) in [7, 11) is -1.09. The van der Waals surface area contributed by atoms with E-state index < -0.39 is 38.7 Å². The molecule has 0 bridgehead atoms. The van der Waals surface area contributed by atoms with Crippen molar-refractivity contribution in [2.75, 3.05) is 40.4 Å². The standard InChI is InChI=1S/C16H21FN2O6S/c1-11(15(20)18(2)3)25-16(21)12-4-5-13(17)14(10-12)26(22,23)19-6-8-24-9-7-19/h4-5,10-11H,6-9H2,1-3H3/t11-/m0/s1. The lowest BCUT2D eigenvalue weighted by Crippen LogP contribution is -2.41. The fraction of sp³-hybridized carbons (Fsp3) is 0.500. The monoisotopic (exact) mass is 388 g/mol. The molecule has 144 valence electrons. The van der Waals surface area contributed by atoms with Crippen LogP contribution in [-0.4, -0.2) is 76.0 Å². The van der Waals surface area contributed by atoms with Crippen LogP contribution in [0.2, 0.25) is 0 Å². The van der Waals surface area contributed by atoms with E-state index in [1.165, 1.54) is 25.9 Å². The first-order chi connectivity index (χ1) is 12.1. The summed E-state index contributed by atoms with van der Waals surface area (Å²) < 4.78 is 50.6. The van der Waals surface area contributed by atoms with E-state index in [1.54, 1.807) is 0 Å². The van der Waals surface area contributed by atoms with Crippen molar-refractivity contribution < 1.29 is 31.9 Å². The summed E-state index contributed by atoms with van der Waals surface area (Å²) in [4.78, 5) is 24.6. The second-order valence-corrected chi connectivity index (χ2v) is 7.85. The maximum atomic E-state index is 14.1. The topological polar surface area (TPSA) is 93.2 Å². The molecule has 26 heavy (non-hydrogen) atoms. The Hall–Kier alpha value is -2.04. The molecular weight excluding hydrogens is 367 g/mol. The number of benzene rings is 1. The van der Waals surface area contributed by atoms with E-state index in [0.29, 0.717) is 0 Å². The average molecular weight is 388 g/mol. The lowest BCUT2D eigenvalue weighted by Gasteiger charge is -2.26. The Morgan fingerprint density at radius 1 is 1.27 bits per heavy atom. The molecule has 1 aliphatic rings. The second-order valence-electron chi connectivity index (χ2n) is 5.94. The predicted molar refractivity (Wildman–Crippen MR) is 89.5 cm³/mol. The molecule has 10 heteroatoms. The summed E-state index contributed by atoms with van der Waals surface area (Å²) in [6, 6.07) is 2.93. The van der Waals surface area contributed by atoms with Crippen LogP contribution in [-0.2, 0) is 24.3 Å². The Kier molecular flexibility index (Phi) is 6.32. The van der Waals surface area contributed by atoms with Gasteiger partial charge in [0.1, 0.15) is 10.7 Å². The molecule has 0 spiro atoms. The van der Waals surface area contributed by atoms with Crippen molar-refractivity contribution in [2.24, 2.45) is 0 Å². The molecule has 0 N–H and O–H groups in total. The number of halogens is 1. The number of likely N-dealkylation sites (N-methyl/N-ethyl adjacent to an activating group) is 1. The molecule has 1 heterocycles. The van der Waals surface area contributed by atoms with Gasteiger partial charge in [-0.15, -0.1) is 0 Å². The number of morpholine rings is 1. The van der Waals surface area contributed by atoms with E-state index in [4.69, 9.17) is 9.47 Å². The summed E-state index contributed by atoms with van der Waals surface area (Å²) in [6.45, 7) is 2.03. The van der Waals surface area contributed by atoms with E-state index in [2.05, 4.69) is 0 Å². The van der Waals surface area contributed by atoms with Crippen LogP contribution < -0.4 is 0 Å². The third kappa shape index (κ3) is 4.37. The number of carbonyl (C=O) groups is 2. The van der Waals surface area contributed by atoms with Crippen LogP contribution >= 0.6 is 0 Å². The second kappa shape index (κ2) is 8.11. The molecule has 2 rings (SSSR count). The van der Waals surface area contributed by atoms with Gasteiger partial charge in [0.25, 0.3) is 5.91 Å². The number of amides is 1. The third-order valence-corrected chi connectivity index (χ3v) is 5.74. The van der Waals surface area contributed by atoms with E-state index in [-0.39, 0.29) is 31.9 Å². The molecule has 0 unspecified atom stereocenters. The Labute approximate surface area is 151 Å². The zero-order chi connectivity index (χ0) is 19.5. The summed E-state index contributed by atoms with van der Waals surface area (Å²) in [5.74, 6) is -2.31. The van der Waals surface area contributed by atoms with Gasteiger partial charge in [0, 0.05) is 27.2 Å². The fourth-order valence-electron chi connectivity index (χ4n) is 2.40. The van der Waals surface area contributed by atoms with Crippen LogP contribution in [0.15, 0.2) is 23.1 Å². The number of hydrogen-bond acceptors (Lipinski definition) is 6. The smallest absolute Gasteiger partial charge is 0.338 e. The zero-order valence-electron chi connectivity index (χ0n) is 14.8. The van der Waals surface area contributed by atoms with Crippen molar-refractivity contribution in [1.29, 1.82) is 0 Å². The molecule has 1 fully saturated rings. The number of hydrogen-bond donors (Lipinski definition) is 0. The van der Waals surface area contributed by atoms with Gasteiger partial charge in [0.15, 0.2) is 6.10 Å². The van der Waals surface area contributed by atoms with Gasteiger partial charge in [-0.2, -0.15) is 4.31 Å². The first-order valence-corrected chi connectivity index (χ1v) is 9.38. The average Bonchev–Trinajstić information content (AvgIpc) is 2.61. The highest BCUT2D eigenvalue weighted by atomic mass is 32.2. The van der Waals surface area contributed by atoms with E-state index in [0.717, 1.165) is 22.5 Å². The Bertz CT molecular complexity index is 790. The van der Waals surface area contributed by atoms with E-state index in [9.17, 15) is 22.4 Å². The molecule has 1 atom stereocenters. The van der Waals surface area contributed by atoms with Gasteiger partial charge < -0.3 is 14.4 Å². The molecule has 1 aromatic carbocycles. The molecule has 0 aromatic heterocycles. The SMILES string of the molecule is C[C@H](OC(=O)c1ccc(F)c(S(=O)(=O)N2CCOCC2)c1)C(=O)N(C)C. The lowest BCUT2D eigenvalue weighted by molar-refractivity contribution is -0.137. The Morgan fingerprint density at radius 3 is 2.46 bits per heavy atom.